The molecule has 0 aromatic carbocycles. The van der Waals surface area contributed by atoms with Gasteiger partial charge in [-0.05, 0) is 49.8 Å². The Morgan fingerprint density at radius 3 is 2.42 bits per heavy atom. The molecule has 0 aliphatic heterocycles. The molecule has 206 valence electrons. The van der Waals surface area contributed by atoms with Gasteiger partial charge in [0.1, 0.15) is 5.69 Å². The predicted octanol–water partition coefficient (Wildman–Crippen LogP) is 1.17. The largest absolute Gasteiger partial charge is 0.490 e. The van der Waals surface area contributed by atoms with Gasteiger partial charge in [0.15, 0.2) is 15.5 Å². The van der Waals surface area contributed by atoms with Gasteiger partial charge in [-0.1, -0.05) is 0 Å². The Morgan fingerprint density at radius 2 is 1.89 bits per heavy atom. The lowest BCUT2D eigenvalue weighted by atomic mass is 10.1. The number of nitrogens with two attached hydrogens (primary N) is 1. The van der Waals surface area contributed by atoms with Gasteiger partial charge in [-0.3, -0.25) is 14.8 Å². The zero-order valence-corrected chi connectivity index (χ0v) is 20.8. The van der Waals surface area contributed by atoms with Crippen molar-refractivity contribution in [2.75, 3.05) is 11.5 Å². The molecule has 17 heteroatoms. The SMILES string of the molecule is Cc1cnc2nc(-n3c(C)cc(S(=O)(=O)CC4CC4)c(N)c3=O)[nH]c2c1CC(=O)NO.O=C(O)C(F)(F)F. The molecule has 1 aliphatic carbocycles. The molecule has 0 bridgehead atoms. The first-order chi connectivity index (χ1) is 17.6. The van der Waals surface area contributed by atoms with E-state index in [9.17, 15) is 31.2 Å². The lowest BCUT2D eigenvalue weighted by molar-refractivity contribution is -0.192. The maximum Gasteiger partial charge on any atom is 0.490 e. The van der Waals surface area contributed by atoms with Crippen LogP contribution in [-0.4, -0.2) is 62.1 Å². The minimum absolute atomic E-state index is 0.0236. The summed E-state index contributed by atoms with van der Waals surface area (Å²) in [5.41, 5.74) is 8.73. The number of pyridine rings is 2. The highest BCUT2D eigenvalue weighted by Gasteiger charge is 2.38. The quantitative estimate of drug-likeness (QED) is 0.215. The van der Waals surface area contributed by atoms with E-state index in [1.807, 2.05) is 0 Å². The Kier molecular flexibility index (Phi) is 7.83. The number of rotatable bonds is 6. The molecule has 0 unspecified atom stereocenters. The number of halogens is 3. The maximum absolute atomic E-state index is 13.0. The summed E-state index contributed by atoms with van der Waals surface area (Å²) in [6, 6.07) is 1.38. The first kappa shape index (κ1) is 28.6. The number of aromatic nitrogens is 4. The van der Waals surface area contributed by atoms with Crippen LogP contribution in [0.2, 0.25) is 0 Å². The fourth-order valence-corrected chi connectivity index (χ4v) is 5.45. The summed E-state index contributed by atoms with van der Waals surface area (Å²) in [6.45, 7) is 3.34. The van der Waals surface area contributed by atoms with Crippen LogP contribution in [0, 0.1) is 19.8 Å². The van der Waals surface area contributed by atoms with Crippen LogP contribution in [0.25, 0.3) is 17.1 Å². The second-order valence-electron chi connectivity index (χ2n) is 8.62. The Bertz CT molecular complexity index is 1580. The standard InChI is InChI=1S/C19H22N6O5S.C2HF3O2/c1-9-7-21-17-16(12(9)6-14(26)24-28)22-19(23-17)25-10(2)5-13(15(20)18(25)27)31(29,30)8-11-3-4-11;3-2(4,5)1(6)7/h5,7,11,28H,3-4,6,8,20H2,1-2H3,(H,24,26)(H,21,22,23);(H,6,7). The van der Waals surface area contributed by atoms with Crippen LogP contribution in [0.15, 0.2) is 22.0 Å². The van der Waals surface area contributed by atoms with Crippen LogP contribution in [0.4, 0.5) is 18.9 Å². The summed E-state index contributed by atoms with van der Waals surface area (Å²) in [4.78, 5) is 44.9. The van der Waals surface area contributed by atoms with Crippen molar-refractivity contribution in [3.05, 3.63) is 39.4 Å². The fourth-order valence-electron chi connectivity index (χ4n) is 3.55. The number of sulfone groups is 1. The number of carboxylic acid groups (broad SMARTS) is 1. The third-order valence-electron chi connectivity index (χ3n) is 5.63. The monoisotopic (exact) mass is 560 g/mol. The van der Waals surface area contributed by atoms with Crippen molar-refractivity contribution in [1.82, 2.24) is 25.0 Å². The molecular formula is C21H23F3N6O7S. The predicted molar refractivity (Wildman–Crippen MR) is 125 cm³/mol. The van der Waals surface area contributed by atoms with Gasteiger partial charge < -0.3 is 15.8 Å². The highest BCUT2D eigenvalue weighted by molar-refractivity contribution is 7.91. The Labute approximate surface area is 212 Å². The number of anilines is 1. The van der Waals surface area contributed by atoms with Gasteiger partial charge in [-0.2, -0.15) is 18.2 Å². The molecule has 1 amide bonds. The van der Waals surface area contributed by atoms with Crippen LogP contribution in [0.3, 0.4) is 0 Å². The Balaban J connectivity index is 0.000000505. The summed E-state index contributed by atoms with van der Waals surface area (Å²) in [7, 11) is -3.67. The minimum atomic E-state index is -5.08. The number of hydrogen-bond donors (Lipinski definition) is 5. The molecular weight excluding hydrogens is 537 g/mol. The van der Waals surface area contributed by atoms with Crippen molar-refractivity contribution < 1.29 is 41.5 Å². The van der Waals surface area contributed by atoms with Gasteiger partial charge >= 0.3 is 12.1 Å². The highest BCUT2D eigenvalue weighted by Crippen LogP contribution is 2.33. The van der Waals surface area contributed by atoms with Crippen molar-refractivity contribution in [2.24, 2.45) is 5.92 Å². The Hall–Kier alpha value is -3.99. The van der Waals surface area contributed by atoms with E-state index in [0.717, 1.165) is 12.8 Å². The highest BCUT2D eigenvalue weighted by atomic mass is 32.2. The van der Waals surface area contributed by atoms with Crippen molar-refractivity contribution in [3.63, 3.8) is 0 Å². The summed E-state index contributed by atoms with van der Waals surface area (Å²) >= 11 is 0. The molecule has 1 aliphatic rings. The summed E-state index contributed by atoms with van der Waals surface area (Å²) in [6.07, 6.45) is -1.96. The van der Waals surface area contributed by atoms with E-state index < -0.39 is 33.4 Å². The first-order valence-electron chi connectivity index (χ1n) is 10.9. The molecule has 0 atom stereocenters. The molecule has 0 radical (unpaired) electrons. The molecule has 3 heterocycles. The number of fused-ring (bicyclic) bond motifs is 1. The molecule has 1 saturated carbocycles. The number of alkyl halides is 3. The molecule has 13 nitrogen and oxygen atoms in total. The summed E-state index contributed by atoms with van der Waals surface area (Å²) < 4.78 is 58.3. The smallest absolute Gasteiger partial charge is 0.475 e. The number of carbonyl (C=O) groups is 2. The molecule has 0 spiro atoms. The van der Waals surface area contributed by atoms with E-state index in [0.29, 0.717) is 22.3 Å². The van der Waals surface area contributed by atoms with Gasteiger partial charge in [0.2, 0.25) is 11.9 Å². The van der Waals surface area contributed by atoms with Crippen molar-refractivity contribution in [2.45, 2.75) is 44.2 Å². The number of nitrogens with zero attached hydrogens (tertiary/aromatic N) is 3. The summed E-state index contributed by atoms with van der Waals surface area (Å²) in [5.74, 6) is -3.18. The average molecular weight is 561 g/mol. The number of hydrogen-bond acceptors (Lipinski definition) is 9. The van der Waals surface area contributed by atoms with Crippen LogP contribution in [0.1, 0.15) is 29.7 Å². The van der Waals surface area contributed by atoms with Crippen LogP contribution < -0.4 is 16.8 Å². The normalized spacial score (nSPS) is 13.6. The van der Waals surface area contributed by atoms with E-state index in [-0.39, 0.29) is 40.3 Å². The van der Waals surface area contributed by atoms with Gasteiger partial charge in [-0.15, -0.1) is 0 Å². The van der Waals surface area contributed by atoms with Crippen molar-refractivity contribution >= 4 is 38.6 Å². The van der Waals surface area contributed by atoms with Gasteiger partial charge in [-0.25, -0.2) is 28.2 Å². The number of aliphatic carboxylic acids is 1. The zero-order valence-electron chi connectivity index (χ0n) is 20.0. The number of carbonyl (C=O) groups excluding carboxylic acids is 1. The van der Waals surface area contributed by atoms with E-state index in [1.165, 1.54) is 16.8 Å². The minimum Gasteiger partial charge on any atom is -0.475 e. The number of carboxylic acids is 1. The number of H-pyrrole nitrogens is 1. The molecule has 0 saturated heterocycles. The van der Waals surface area contributed by atoms with Crippen molar-refractivity contribution in [3.8, 4) is 5.95 Å². The fraction of sp³-hybridized carbons (Fsp3) is 0.381. The number of imidazole rings is 1. The maximum atomic E-state index is 13.0. The zero-order chi connectivity index (χ0) is 28.6. The van der Waals surface area contributed by atoms with E-state index in [4.69, 9.17) is 20.8 Å². The topological polar surface area (TPSA) is 210 Å². The molecule has 1 fully saturated rings. The molecule has 38 heavy (non-hydrogen) atoms. The number of nitrogen functional groups attached to an aromatic ring is 1. The van der Waals surface area contributed by atoms with Crippen molar-refractivity contribution in [1.29, 1.82) is 0 Å². The van der Waals surface area contributed by atoms with Crippen LogP contribution in [0.5, 0.6) is 0 Å². The number of aromatic amines is 1. The van der Waals surface area contributed by atoms with Gasteiger partial charge in [0.05, 0.1) is 22.6 Å². The number of aryl methyl sites for hydroxylation is 2. The number of hydroxylamine groups is 1. The van der Waals surface area contributed by atoms with E-state index >= 15 is 0 Å². The molecule has 3 aromatic rings. The second kappa shape index (κ2) is 10.4. The Morgan fingerprint density at radius 1 is 1.29 bits per heavy atom. The lowest BCUT2D eigenvalue weighted by Crippen LogP contribution is -2.27. The van der Waals surface area contributed by atoms with E-state index in [2.05, 4.69) is 15.0 Å². The number of amides is 1. The van der Waals surface area contributed by atoms with Crippen LogP contribution >= 0.6 is 0 Å². The van der Waals surface area contributed by atoms with Gasteiger partial charge in [0.25, 0.3) is 5.56 Å². The second-order valence-corrected chi connectivity index (χ2v) is 10.6. The van der Waals surface area contributed by atoms with E-state index in [1.54, 1.807) is 19.3 Å². The molecule has 3 aromatic heterocycles. The molecule has 4 rings (SSSR count). The molecule has 6 N–H and O–H groups in total. The van der Waals surface area contributed by atoms with Gasteiger partial charge in [0, 0.05) is 11.9 Å². The lowest BCUT2D eigenvalue weighted by Gasteiger charge is -2.12. The third-order valence-corrected chi connectivity index (χ3v) is 7.54. The third kappa shape index (κ3) is 6.10. The first-order valence-corrected chi connectivity index (χ1v) is 12.5. The average Bonchev–Trinajstić information content (AvgIpc) is 3.52. The summed E-state index contributed by atoms with van der Waals surface area (Å²) in [5, 5.41) is 16.0. The number of nitrogens with one attached hydrogen (secondary N) is 2. The van der Waals surface area contributed by atoms with Crippen LogP contribution in [-0.2, 0) is 25.8 Å².